The Morgan fingerprint density at radius 1 is 1.08 bits per heavy atom. The molecule has 0 spiro atoms. The van der Waals surface area contributed by atoms with Crippen molar-refractivity contribution in [3.8, 4) is 11.1 Å². The molecule has 6 bridgehead atoms. The SMILES string of the molecule is C=CC(=O)N1CC(OCC(C(=O)N[C@H]2Cc3cccc(c3)-c3ccc4c(c3)c(c(/C(C=C)=C(/N=C\C)[C@H](C)OC)n4CC(F)(F)F)CC(C)(C)COC(=O)[C@@H]3CCCN(N3)C2=O)C(C)C)C1. The number of carbonyl (C=O) groups excluding carboxylic acids is 4. The number of methoxy groups -OCH3 is 1. The Morgan fingerprint density at radius 3 is 2.45 bits per heavy atom. The molecule has 356 valence electrons. The van der Waals surface area contributed by atoms with Crippen LogP contribution in [0.5, 0.6) is 0 Å². The van der Waals surface area contributed by atoms with E-state index >= 15 is 0 Å². The van der Waals surface area contributed by atoms with Gasteiger partial charge in [-0.05, 0) is 79.5 Å². The first-order valence-electron chi connectivity index (χ1n) is 22.5. The van der Waals surface area contributed by atoms with Crippen molar-refractivity contribution in [2.45, 2.75) is 104 Å². The Labute approximate surface area is 385 Å². The number of benzene rings is 2. The van der Waals surface area contributed by atoms with Gasteiger partial charge in [0.15, 0.2) is 0 Å². The number of aliphatic imine (C=N–C) groups is 1. The van der Waals surface area contributed by atoms with Gasteiger partial charge in [0.25, 0.3) is 5.91 Å². The zero-order valence-corrected chi connectivity index (χ0v) is 39.0. The number of aromatic nitrogens is 1. The van der Waals surface area contributed by atoms with E-state index in [1.807, 2.05) is 58.0 Å². The second kappa shape index (κ2) is 20.9. The number of halogens is 3. The number of carbonyl (C=O) groups is 4. The van der Waals surface area contributed by atoms with Gasteiger partial charge in [0.2, 0.25) is 11.8 Å². The molecular formula is C50H63F3N6O7. The monoisotopic (exact) mass is 916 g/mol. The number of hydrazine groups is 1. The Morgan fingerprint density at radius 2 is 1.80 bits per heavy atom. The number of allylic oxidation sites excluding steroid dienone is 2. The highest BCUT2D eigenvalue weighted by molar-refractivity contribution is 5.96. The molecule has 2 fully saturated rings. The number of rotatable bonds is 13. The molecule has 2 saturated heterocycles. The first kappa shape index (κ1) is 49.8. The van der Waals surface area contributed by atoms with E-state index in [1.165, 1.54) is 28.8 Å². The molecule has 2 N–H and O–H groups in total. The fourth-order valence-electron chi connectivity index (χ4n) is 8.86. The summed E-state index contributed by atoms with van der Waals surface area (Å²) in [7, 11) is 1.50. The number of ether oxygens (including phenoxy) is 3. The number of hydrogen-bond donors (Lipinski definition) is 2. The fraction of sp³-hybridized carbons (Fsp3) is 0.500. The smallest absolute Gasteiger partial charge is 0.406 e. The van der Waals surface area contributed by atoms with Gasteiger partial charge in [-0.3, -0.25) is 29.2 Å². The lowest BCUT2D eigenvalue weighted by Gasteiger charge is -2.39. The van der Waals surface area contributed by atoms with Crippen LogP contribution < -0.4 is 10.7 Å². The Hall–Kier alpha value is -5.58. The zero-order chi connectivity index (χ0) is 48.1. The van der Waals surface area contributed by atoms with Crippen LogP contribution in [0, 0.1) is 17.3 Å². The van der Waals surface area contributed by atoms with Crippen molar-refractivity contribution in [3.05, 3.63) is 90.3 Å². The zero-order valence-electron chi connectivity index (χ0n) is 39.0. The lowest BCUT2D eigenvalue weighted by Crippen LogP contribution is -2.61. The van der Waals surface area contributed by atoms with Crippen LogP contribution in [-0.2, 0) is 52.8 Å². The maximum absolute atomic E-state index is 14.7. The van der Waals surface area contributed by atoms with Gasteiger partial charge < -0.3 is 29.0 Å². The quantitative estimate of drug-likeness (QED) is 0.0792. The summed E-state index contributed by atoms with van der Waals surface area (Å²) in [5.74, 6) is -2.38. The number of alkyl halides is 3. The Balaban J connectivity index is 1.46. The van der Waals surface area contributed by atoms with E-state index in [9.17, 15) is 32.3 Å². The highest BCUT2D eigenvalue weighted by atomic mass is 19.4. The van der Waals surface area contributed by atoms with Gasteiger partial charge in [-0.1, -0.05) is 77.3 Å². The third kappa shape index (κ3) is 11.5. The topological polar surface area (TPSA) is 144 Å². The van der Waals surface area contributed by atoms with Crippen molar-refractivity contribution in [1.29, 1.82) is 0 Å². The van der Waals surface area contributed by atoms with E-state index in [0.717, 1.165) is 5.56 Å². The molecule has 0 saturated carbocycles. The van der Waals surface area contributed by atoms with Crippen molar-refractivity contribution < 1.29 is 46.6 Å². The number of esters is 1. The van der Waals surface area contributed by atoms with Crippen molar-refractivity contribution in [2.75, 3.05) is 40.0 Å². The summed E-state index contributed by atoms with van der Waals surface area (Å²) < 4.78 is 63.1. The molecule has 3 aliphatic rings. The maximum atomic E-state index is 14.7. The summed E-state index contributed by atoms with van der Waals surface area (Å²) in [6.07, 6.45) is 0.0299. The van der Waals surface area contributed by atoms with Crippen LogP contribution in [-0.4, -0.2) is 115 Å². The minimum Gasteiger partial charge on any atom is -0.464 e. The van der Waals surface area contributed by atoms with Gasteiger partial charge in [-0.2, -0.15) is 13.2 Å². The number of nitrogens with one attached hydrogen (secondary N) is 2. The van der Waals surface area contributed by atoms with E-state index in [4.69, 9.17) is 14.2 Å². The van der Waals surface area contributed by atoms with Crippen LogP contribution in [0.3, 0.4) is 0 Å². The molecule has 1 aromatic heterocycles. The van der Waals surface area contributed by atoms with E-state index in [2.05, 4.69) is 28.9 Å². The van der Waals surface area contributed by atoms with Crippen molar-refractivity contribution >= 4 is 46.4 Å². The molecule has 6 rings (SSSR count). The summed E-state index contributed by atoms with van der Waals surface area (Å²) in [5.41, 5.74) is 6.43. The average Bonchev–Trinajstić information content (AvgIpc) is 3.54. The van der Waals surface area contributed by atoms with Crippen molar-refractivity contribution in [2.24, 2.45) is 22.2 Å². The molecule has 2 aromatic carbocycles. The number of nitrogens with zero attached hydrogens (tertiary/aromatic N) is 4. The molecule has 0 radical (unpaired) electrons. The second-order valence-electron chi connectivity index (χ2n) is 18.5. The van der Waals surface area contributed by atoms with Gasteiger partial charge >= 0.3 is 12.1 Å². The minimum atomic E-state index is -4.60. The van der Waals surface area contributed by atoms with Gasteiger partial charge in [0.1, 0.15) is 18.6 Å². The standard InChI is InChI=1S/C50H63F3N6O7/c1-10-36(44(54-12-3)31(6)64-9)45-38-24-49(7,8)29-66-48(63)40-17-14-20-59(56-40)47(62)41(55-46(61)39(30(4)5)27-65-35-25-57(26-35)43(60)11-2)22-32-15-13-16-33(21-32)34-18-19-42(37(38)23-34)58(45)28-50(51,52)53/h10-13,15-16,18-19,21,23,30-31,35,39-41,56H,1-2,14,17,20,22,24-29H2,3-9H3,(H,55,61)/b44-36+,54-12-/t31-,39?,40-,41-/m0/s1. The summed E-state index contributed by atoms with van der Waals surface area (Å²) in [4.78, 5) is 60.7. The van der Waals surface area contributed by atoms with E-state index in [1.54, 1.807) is 37.1 Å². The second-order valence-corrected chi connectivity index (χ2v) is 18.5. The number of hydrogen-bond acceptors (Lipinski definition) is 9. The lowest BCUT2D eigenvalue weighted by atomic mass is 9.84. The molecular weight excluding hydrogens is 854 g/mol. The predicted molar refractivity (Wildman–Crippen MR) is 248 cm³/mol. The fourth-order valence-corrected chi connectivity index (χ4v) is 8.86. The van der Waals surface area contributed by atoms with Gasteiger partial charge in [-0.15, -0.1) is 0 Å². The van der Waals surface area contributed by atoms with Gasteiger partial charge in [0.05, 0.1) is 42.7 Å². The van der Waals surface area contributed by atoms with Crippen LogP contribution in [0.2, 0.25) is 0 Å². The molecule has 13 nitrogen and oxygen atoms in total. The number of cyclic esters (lactones) is 1. The van der Waals surface area contributed by atoms with E-state index in [0.29, 0.717) is 64.8 Å². The summed E-state index contributed by atoms with van der Waals surface area (Å²) in [6, 6.07) is 10.9. The largest absolute Gasteiger partial charge is 0.464 e. The molecule has 66 heavy (non-hydrogen) atoms. The van der Waals surface area contributed by atoms with Crippen LogP contribution >= 0.6 is 0 Å². The van der Waals surface area contributed by atoms with Gasteiger partial charge in [-0.25, -0.2) is 5.43 Å². The molecule has 3 amide bonds. The summed E-state index contributed by atoms with van der Waals surface area (Å²) >= 11 is 0. The van der Waals surface area contributed by atoms with E-state index < -0.39 is 54.1 Å². The first-order chi connectivity index (χ1) is 31.3. The highest BCUT2D eigenvalue weighted by Gasteiger charge is 2.39. The molecule has 4 heterocycles. The summed E-state index contributed by atoms with van der Waals surface area (Å²) in [6.45, 7) is 18.4. The molecule has 3 aliphatic heterocycles. The third-order valence-electron chi connectivity index (χ3n) is 12.5. The molecule has 0 aliphatic carbocycles. The highest BCUT2D eigenvalue weighted by Crippen LogP contribution is 2.41. The molecule has 1 unspecified atom stereocenters. The van der Waals surface area contributed by atoms with Crippen LogP contribution in [0.15, 0.2) is 78.5 Å². The predicted octanol–water partition coefficient (Wildman–Crippen LogP) is 7.23. The van der Waals surface area contributed by atoms with Gasteiger partial charge in [0, 0.05) is 61.3 Å². The minimum absolute atomic E-state index is 0.0758. The van der Waals surface area contributed by atoms with Crippen LogP contribution in [0.25, 0.3) is 27.6 Å². The van der Waals surface area contributed by atoms with Crippen molar-refractivity contribution in [1.82, 2.24) is 25.2 Å². The Bertz CT molecular complexity index is 2380. The Kier molecular flexibility index (Phi) is 15.8. The third-order valence-corrected chi connectivity index (χ3v) is 12.5. The number of fused-ring (bicyclic) bond motifs is 6. The lowest BCUT2D eigenvalue weighted by molar-refractivity contribution is -0.155. The molecule has 3 aromatic rings. The number of likely N-dealkylation sites (tertiary alicyclic amines) is 1. The van der Waals surface area contributed by atoms with Crippen LogP contribution in [0.4, 0.5) is 13.2 Å². The first-order valence-corrected chi connectivity index (χ1v) is 22.5. The normalized spacial score (nSPS) is 20.9. The number of amides is 3. The molecule has 16 heteroatoms. The average molecular weight is 917 g/mol. The van der Waals surface area contributed by atoms with Crippen LogP contribution in [0.1, 0.15) is 71.2 Å². The summed E-state index contributed by atoms with van der Waals surface area (Å²) in [5, 5.41) is 4.97. The van der Waals surface area contributed by atoms with E-state index in [-0.39, 0.29) is 62.1 Å². The molecule has 4 atom stereocenters. The maximum Gasteiger partial charge on any atom is 0.406 e. The van der Waals surface area contributed by atoms with Crippen molar-refractivity contribution in [3.63, 3.8) is 0 Å².